The molecule has 2 aromatic rings. The van der Waals surface area contributed by atoms with Crippen molar-refractivity contribution in [2.75, 3.05) is 50.6 Å². The molecule has 1 saturated heterocycles. The Bertz CT molecular complexity index is 1090. The van der Waals surface area contributed by atoms with Crippen LogP contribution in [0.4, 0.5) is 29.5 Å². The first-order valence-corrected chi connectivity index (χ1v) is 11.5. The molecule has 194 valence electrons. The summed E-state index contributed by atoms with van der Waals surface area (Å²) in [5.74, 6) is -0.120. The summed E-state index contributed by atoms with van der Waals surface area (Å²) in [5.41, 5.74) is 1.81. The largest absolute Gasteiger partial charge is 0.573 e. The van der Waals surface area contributed by atoms with Crippen LogP contribution in [-0.2, 0) is 9.53 Å². The van der Waals surface area contributed by atoms with Gasteiger partial charge in [-0.1, -0.05) is 12.1 Å². The van der Waals surface area contributed by atoms with E-state index in [0.29, 0.717) is 17.1 Å². The van der Waals surface area contributed by atoms with Gasteiger partial charge in [0, 0.05) is 18.7 Å². The number of amides is 3. The quantitative estimate of drug-likeness (QED) is 0.620. The van der Waals surface area contributed by atoms with Gasteiger partial charge < -0.3 is 25.0 Å². The second kappa shape index (κ2) is 10.7. The number of pyridine rings is 1. The number of benzene rings is 1. The van der Waals surface area contributed by atoms with E-state index in [0.717, 1.165) is 43.8 Å². The number of hydrogen-bond donors (Lipinski definition) is 2. The van der Waals surface area contributed by atoms with Gasteiger partial charge in [-0.05, 0) is 62.8 Å². The molecule has 1 aromatic carbocycles. The fraction of sp³-hybridized carbons (Fsp3) is 0.458. The number of rotatable bonds is 6. The maximum Gasteiger partial charge on any atom is 0.573 e. The fourth-order valence-electron chi connectivity index (χ4n) is 4.39. The van der Waals surface area contributed by atoms with Gasteiger partial charge in [-0.15, -0.1) is 13.2 Å². The molecular weight excluding hydrogens is 479 g/mol. The van der Waals surface area contributed by atoms with E-state index in [2.05, 4.69) is 27.3 Å². The lowest BCUT2D eigenvalue weighted by Gasteiger charge is -2.32. The van der Waals surface area contributed by atoms with Crippen molar-refractivity contribution in [1.82, 2.24) is 15.2 Å². The monoisotopic (exact) mass is 507 g/mol. The molecule has 1 atom stereocenters. The minimum atomic E-state index is -4.80. The van der Waals surface area contributed by atoms with Crippen LogP contribution in [0.1, 0.15) is 36.1 Å². The summed E-state index contributed by atoms with van der Waals surface area (Å²) in [4.78, 5) is 33.9. The van der Waals surface area contributed by atoms with Gasteiger partial charge in [0.25, 0.3) is 0 Å². The molecule has 1 aromatic heterocycles. The average Bonchev–Trinajstić information content (AvgIpc) is 2.83. The van der Waals surface area contributed by atoms with Crippen molar-refractivity contribution in [2.45, 2.75) is 31.2 Å². The second-order valence-electron chi connectivity index (χ2n) is 8.89. The number of piperidine rings is 1. The number of fused-ring (bicyclic) bond motifs is 1. The molecule has 0 spiro atoms. The van der Waals surface area contributed by atoms with Gasteiger partial charge in [0.05, 0.1) is 18.3 Å². The number of likely N-dealkylation sites (tertiary alicyclic amines) is 1. The van der Waals surface area contributed by atoms with Crippen LogP contribution in [0.15, 0.2) is 36.4 Å². The van der Waals surface area contributed by atoms with Crippen molar-refractivity contribution >= 4 is 23.4 Å². The Hall–Kier alpha value is -3.38. The zero-order chi connectivity index (χ0) is 25.9. The van der Waals surface area contributed by atoms with E-state index in [9.17, 15) is 22.8 Å². The Labute approximate surface area is 206 Å². The van der Waals surface area contributed by atoms with Crippen molar-refractivity contribution in [3.63, 3.8) is 0 Å². The van der Waals surface area contributed by atoms with Crippen LogP contribution in [-0.4, -0.2) is 68.6 Å². The van der Waals surface area contributed by atoms with Crippen LogP contribution in [0.25, 0.3) is 0 Å². The molecule has 1 unspecified atom stereocenters. The summed E-state index contributed by atoms with van der Waals surface area (Å²) >= 11 is 0. The van der Waals surface area contributed by atoms with Crippen molar-refractivity contribution in [1.29, 1.82) is 0 Å². The number of carbonyl (C=O) groups excluding carboxylic acids is 2. The molecular formula is C24H28F3N5O4. The fourth-order valence-corrected chi connectivity index (χ4v) is 4.39. The van der Waals surface area contributed by atoms with Crippen molar-refractivity contribution in [2.24, 2.45) is 0 Å². The Morgan fingerprint density at radius 2 is 1.89 bits per heavy atom. The molecule has 4 rings (SSSR count). The minimum Gasteiger partial charge on any atom is -0.406 e. The Balaban J connectivity index is 1.53. The molecule has 2 aliphatic heterocycles. The summed E-state index contributed by atoms with van der Waals surface area (Å²) in [6, 6.07) is 7.54. The van der Waals surface area contributed by atoms with E-state index in [1.54, 1.807) is 6.07 Å². The third-order valence-corrected chi connectivity index (χ3v) is 6.26. The molecule has 12 heteroatoms. The van der Waals surface area contributed by atoms with Crippen LogP contribution in [0.2, 0.25) is 0 Å². The highest BCUT2D eigenvalue weighted by atomic mass is 19.4. The van der Waals surface area contributed by atoms with E-state index in [1.165, 1.54) is 24.1 Å². The van der Waals surface area contributed by atoms with E-state index >= 15 is 0 Å². The van der Waals surface area contributed by atoms with Gasteiger partial charge in [0.2, 0.25) is 5.91 Å². The molecule has 3 heterocycles. The molecule has 3 amide bonds. The molecule has 9 nitrogen and oxygen atoms in total. The topological polar surface area (TPSA) is 96.0 Å². The minimum absolute atomic E-state index is 0.0567. The number of ether oxygens (including phenoxy) is 2. The van der Waals surface area contributed by atoms with E-state index in [4.69, 9.17) is 9.72 Å². The highest BCUT2D eigenvalue weighted by Crippen LogP contribution is 2.33. The molecule has 36 heavy (non-hydrogen) atoms. The zero-order valence-corrected chi connectivity index (χ0v) is 20.0. The molecule has 0 saturated carbocycles. The van der Waals surface area contributed by atoms with Gasteiger partial charge in [-0.25, -0.2) is 9.78 Å². The normalized spacial score (nSPS) is 17.8. The lowest BCUT2D eigenvalue weighted by molar-refractivity contribution is -0.274. The average molecular weight is 508 g/mol. The van der Waals surface area contributed by atoms with Gasteiger partial charge in [0.1, 0.15) is 12.3 Å². The number of urea groups is 1. The van der Waals surface area contributed by atoms with Crippen LogP contribution >= 0.6 is 0 Å². The Morgan fingerprint density at radius 3 is 2.53 bits per heavy atom. The highest BCUT2D eigenvalue weighted by Gasteiger charge is 2.33. The van der Waals surface area contributed by atoms with Crippen LogP contribution in [0.5, 0.6) is 5.75 Å². The van der Waals surface area contributed by atoms with Crippen molar-refractivity contribution in [3.05, 3.63) is 47.7 Å². The third-order valence-electron chi connectivity index (χ3n) is 6.26. The summed E-state index contributed by atoms with van der Waals surface area (Å²) in [6.45, 7) is 1.74. The molecule has 0 radical (unpaired) electrons. The summed E-state index contributed by atoms with van der Waals surface area (Å²) in [6.07, 6.45) is -2.90. The second-order valence-corrected chi connectivity index (χ2v) is 8.89. The third kappa shape index (κ3) is 6.24. The molecule has 2 aliphatic rings. The molecule has 0 aliphatic carbocycles. The standard InChI is InChI=1S/C24H28F3N5O4/c1-31-11-9-16(10-12-31)18-7-8-19-22(29-18)32(13-21(33)28-19)23(34)30-20(14-35-2)15-3-5-17(6-4-15)36-24(25,26)27/h3-8,16,20H,9-14H2,1-2H3,(H,28,33)(H,30,34). The van der Waals surface area contributed by atoms with Gasteiger partial charge in [-0.3, -0.25) is 9.69 Å². The number of aromatic nitrogens is 1. The lowest BCUT2D eigenvalue weighted by Crippen LogP contribution is -2.49. The van der Waals surface area contributed by atoms with Crippen molar-refractivity contribution < 1.29 is 32.2 Å². The SMILES string of the molecule is COCC(NC(=O)N1CC(=O)Nc2ccc(C3CCN(C)CC3)nc21)c1ccc(OC(F)(F)F)cc1. The van der Waals surface area contributed by atoms with Crippen molar-refractivity contribution in [3.8, 4) is 5.75 Å². The number of hydrogen-bond acceptors (Lipinski definition) is 6. The van der Waals surface area contributed by atoms with E-state index in [1.807, 2.05) is 6.07 Å². The van der Waals surface area contributed by atoms with Crippen LogP contribution in [0, 0.1) is 0 Å². The molecule has 2 N–H and O–H groups in total. The summed E-state index contributed by atoms with van der Waals surface area (Å²) in [7, 11) is 3.52. The van der Waals surface area contributed by atoms with Crippen LogP contribution < -0.4 is 20.3 Å². The van der Waals surface area contributed by atoms with Crippen LogP contribution in [0.3, 0.4) is 0 Å². The number of nitrogens with one attached hydrogen (secondary N) is 2. The first-order chi connectivity index (χ1) is 17.1. The summed E-state index contributed by atoms with van der Waals surface area (Å²) < 4.78 is 46.5. The zero-order valence-electron chi connectivity index (χ0n) is 20.0. The lowest BCUT2D eigenvalue weighted by atomic mass is 9.93. The maximum atomic E-state index is 13.3. The molecule has 0 bridgehead atoms. The van der Waals surface area contributed by atoms with Gasteiger partial charge >= 0.3 is 12.4 Å². The van der Waals surface area contributed by atoms with E-state index < -0.39 is 18.4 Å². The highest BCUT2D eigenvalue weighted by molar-refractivity contribution is 6.08. The van der Waals surface area contributed by atoms with Gasteiger partial charge in [0.15, 0.2) is 5.82 Å². The number of halogens is 3. The Morgan fingerprint density at radius 1 is 1.19 bits per heavy atom. The predicted molar refractivity (Wildman–Crippen MR) is 126 cm³/mol. The number of carbonyl (C=O) groups is 2. The number of methoxy groups -OCH3 is 1. The predicted octanol–water partition coefficient (Wildman–Crippen LogP) is 3.65. The number of alkyl halides is 3. The van der Waals surface area contributed by atoms with Gasteiger partial charge in [-0.2, -0.15) is 0 Å². The summed E-state index contributed by atoms with van der Waals surface area (Å²) in [5, 5.41) is 5.57. The maximum absolute atomic E-state index is 13.3. The first-order valence-electron chi connectivity index (χ1n) is 11.5. The Kier molecular flexibility index (Phi) is 7.65. The van der Waals surface area contributed by atoms with E-state index in [-0.39, 0.29) is 30.7 Å². The first kappa shape index (κ1) is 25.7. The number of anilines is 2. The molecule has 1 fully saturated rings. The number of nitrogens with zero attached hydrogens (tertiary/aromatic N) is 3. The smallest absolute Gasteiger partial charge is 0.406 e.